The molecule has 17 heavy (non-hydrogen) atoms. The molecular formula is C17H16. The summed E-state index contributed by atoms with van der Waals surface area (Å²) in [6.07, 6.45) is 9.91. The minimum Gasteiger partial charge on any atom is -0.0795 e. The van der Waals surface area contributed by atoms with Crippen molar-refractivity contribution < 1.29 is 0 Å². The van der Waals surface area contributed by atoms with Crippen LogP contribution in [0.5, 0.6) is 0 Å². The van der Waals surface area contributed by atoms with Crippen LogP contribution in [0, 0.1) is 5.92 Å². The molecule has 0 amide bonds. The molecule has 1 saturated carbocycles. The summed E-state index contributed by atoms with van der Waals surface area (Å²) in [5.41, 5.74) is 7.94. The van der Waals surface area contributed by atoms with Crippen LogP contribution in [-0.4, -0.2) is 0 Å². The van der Waals surface area contributed by atoms with Crippen LogP contribution in [0.25, 0.3) is 5.57 Å². The van der Waals surface area contributed by atoms with Gasteiger partial charge in [0.05, 0.1) is 0 Å². The molecule has 0 radical (unpaired) electrons. The van der Waals surface area contributed by atoms with E-state index in [1.807, 2.05) is 0 Å². The molecule has 0 bridgehead atoms. The van der Waals surface area contributed by atoms with E-state index in [1.165, 1.54) is 36.8 Å². The Kier molecular flexibility index (Phi) is 1.93. The first-order valence-corrected chi connectivity index (χ1v) is 6.61. The van der Waals surface area contributed by atoms with E-state index in [9.17, 15) is 0 Å². The lowest BCUT2D eigenvalue weighted by atomic mass is 9.99. The van der Waals surface area contributed by atoms with Crippen LogP contribution in [-0.2, 0) is 0 Å². The Morgan fingerprint density at radius 3 is 2.53 bits per heavy atom. The van der Waals surface area contributed by atoms with Crippen molar-refractivity contribution in [1.82, 2.24) is 0 Å². The van der Waals surface area contributed by atoms with Crippen LogP contribution in [0.3, 0.4) is 0 Å². The fourth-order valence-electron chi connectivity index (χ4n) is 3.20. The molecule has 0 aliphatic heterocycles. The topological polar surface area (TPSA) is 0 Å². The number of rotatable bonds is 2. The highest BCUT2D eigenvalue weighted by atomic mass is 14.4. The molecule has 0 atom stereocenters. The van der Waals surface area contributed by atoms with E-state index in [0.717, 1.165) is 5.92 Å². The molecule has 84 valence electrons. The minimum atomic E-state index is 0.918. The number of hydrogen-bond acceptors (Lipinski definition) is 0. The fourth-order valence-corrected chi connectivity index (χ4v) is 3.20. The zero-order chi connectivity index (χ0) is 11.2. The Hall–Kier alpha value is -1.56. The largest absolute Gasteiger partial charge is 0.0795 e. The third-order valence-corrected chi connectivity index (χ3v) is 4.20. The molecule has 1 aromatic rings. The lowest BCUT2D eigenvalue weighted by Crippen LogP contribution is -1.87. The van der Waals surface area contributed by atoms with Crippen LogP contribution >= 0.6 is 0 Å². The van der Waals surface area contributed by atoms with Crippen molar-refractivity contribution in [2.24, 2.45) is 5.92 Å². The molecule has 0 N–H and O–H groups in total. The van der Waals surface area contributed by atoms with Crippen molar-refractivity contribution in [3.05, 3.63) is 64.8 Å². The molecule has 0 spiro atoms. The van der Waals surface area contributed by atoms with Gasteiger partial charge >= 0.3 is 0 Å². The number of allylic oxidation sites excluding steroid dienone is 6. The Morgan fingerprint density at radius 2 is 1.76 bits per heavy atom. The van der Waals surface area contributed by atoms with Gasteiger partial charge in [-0.05, 0) is 53.9 Å². The molecule has 0 aromatic heterocycles. The van der Waals surface area contributed by atoms with Gasteiger partial charge in [-0.3, -0.25) is 0 Å². The normalized spacial score (nSPS) is 22.6. The Labute approximate surface area is 102 Å². The molecule has 1 fully saturated rings. The molecule has 0 unspecified atom stereocenters. The molecular weight excluding hydrogens is 204 g/mol. The molecule has 1 aromatic carbocycles. The zero-order valence-electron chi connectivity index (χ0n) is 9.95. The van der Waals surface area contributed by atoms with Crippen molar-refractivity contribution in [2.75, 3.05) is 0 Å². The van der Waals surface area contributed by atoms with Gasteiger partial charge in [-0.25, -0.2) is 0 Å². The van der Waals surface area contributed by atoms with Gasteiger partial charge in [0.25, 0.3) is 0 Å². The first kappa shape index (κ1) is 9.47. The van der Waals surface area contributed by atoms with E-state index in [2.05, 4.69) is 42.5 Å². The first-order valence-electron chi connectivity index (χ1n) is 6.61. The minimum absolute atomic E-state index is 0.918. The highest BCUT2D eigenvalue weighted by molar-refractivity contribution is 5.82. The van der Waals surface area contributed by atoms with E-state index < -0.39 is 0 Å². The van der Waals surface area contributed by atoms with E-state index in [4.69, 9.17) is 0 Å². The molecule has 0 heterocycles. The van der Waals surface area contributed by atoms with Gasteiger partial charge in [-0.1, -0.05) is 48.1 Å². The maximum Gasteiger partial charge on any atom is -0.00462 e. The lowest BCUT2D eigenvalue weighted by Gasteiger charge is -2.05. The molecule has 4 rings (SSSR count). The predicted molar refractivity (Wildman–Crippen MR) is 71.5 cm³/mol. The van der Waals surface area contributed by atoms with Crippen molar-refractivity contribution in [3.63, 3.8) is 0 Å². The van der Waals surface area contributed by atoms with Gasteiger partial charge in [0, 0.05) is 0 Å². The second kappa shape index (κ2) is 3.46. The summed E-state index contributed by atoms with van der Waals surface area (Å²) in [7, 11) is 0. The number of fused-ring (bicyclic) bond motifs is 1. The average molecular weight is 220 g/mol. The standard InChI is InChI=1S/C17H16/c1-2-5-12(6-3-1)16-11-17(13-9-10-13)15-8-4-7-14(15)16/h1-7,13H,8-11H2. The van der Waals surface area contributed by atoms with Crippen LogP contribution < -0.4 is 0 Å². The van der Waals surface area contributed by atoms with Crippen molar-refractivity contribution in [2.45, 2.75) is 25.7 Å². The van der Waals surface area contributed by atoms with Crippen LogP contribution in [0.2, 0.25) is 0 Å². The molecule has 3 aliphatic carbocycles. The summed E-state index contributed by atoms with van der Waals surface area (Å²) in [6, 6.07) is 10.9. The van der Waals surface area contributed by atoms with E-state index in [0.29, 0.717) is 0 Å². The van der Waals surface area contributed by atoms with E-state index in [-0.39, 0.29) is 0 Å². The highest BCUT2D eigenvalue weighted by Gasteiger charge is 2.34. The summed E-state index contributed by atoms with van der Waals surface area (Å²) < 4.78 is 0. The third kappa shape index (κ3) is 1.44. The highest BCUT2D eigenvalue weighted by Crippen LogP contribution is 2.51. The predicted octanol–water partition coefficient (Wildman–Crippen LogP) is 4.51. The molecule has 0 saturated heterocycles. The molecule has 3 aliphatic rings. The van der Waals surface area contributed by atoms with Crippen molar-refractivity contribution in [1.29, 1.82) is 0 Å². The van der Waals surface area contributed by atoms with Crippen molar-refractivity contribution in [3.8, 4) is 0 Å². The van der Waals surface area contributed by atoms with Gasteiger partial charge in [0.1, 0.15) is 0 Å². The summed E-state index contributed by atoms with van der Waals surface area (Å²) in [5, 5.41) is 0. The fraction of sp³-hybridized carbons (Fsp3) is 0.294. The number of benzene rings is 1. The summed E-state index contributed by atoms with van der Waals surface area (Å²) in [6.45, 7) is 0. The Bertz CT molecular complexity index is 551. The van der Waals surface area contributed by atoms with Gasteiger partial charge in [0.2, 0.25) is 0 Å². The second-order valence-electron chi connectivity index (χ2n) is 5.32. The van der Waals surface area contributed by atoms with E-state index in [1.54, 1.807) is 16.7 Å². The monoisotopic (exact) mass is 220 g/mol. The molecule has 0 heteroatoms. The lowest BCUT2D eigenvalue weighted by molar-refractivity contribution is 0.947. The van der Waals surface area contributed by atoms with Crippen molar-refractivity contribution >= 4 is 5.57 Å². The van der Waals surface area contributed by atoms with Gasteiger partial charge < -0.3 is 0 Å². The maximum absolute atomic E-state index is 2.34. The maximum atomic E-state index is 2.34. The van der Waals surface area contributed by atoms with Crippen LogP contribution in [0.4, 0.5) is 0 Å². The van der Waals surface area contributed by atoms with Gasteiger partial charge in [-0.15, -0.1) is 0 Å². The van der Waals surface area contributed by atoms with Gasteiger partial charge in [0.15, 0.2) is 0 Å². The first-order chi connectivity index (χ1) is 8.43. The third-order valence-electron chi connectivity index (χ3n) is 4.20. The Morgan fingerprint density at radius 1 is 0.941 bits per heavy atom. The number of hydrogen-bond donors (Lipinski definition) is 0. The summed E-state index contributed by atoms with van der Waals surface area (Å²) in [4.78, 5) is 0. The van der Waals surface area contributed by atoms with Crippen LogP contribution in [0.1, 0.15) is 31.2 Å². The Balaban J connectivity index is 1.80. The zero-order valence-corrected chi connectivity index (χ0v) is 9.95. The SMILES string of the molecule is C1=CC2=C(c3ccccc3)CC(C3CC3)=C2C1. The van der Waals surface area contributed by atoms with Crippen LogP contribution in [0.15, 0.2) is 59.2 Å². The second-order valence-corrected chi connectivity index (χ2v) is 5.32. The summed E-state index contributed by atoms with van der Waals surface area (Å²) in [5.74, 6) is 0.918. The summed E-state index contributed by atoms with van der Waals surface area (Å²) >= 11 is 0. The van der Waals surface area contributed by atoms with E-state index >= 15 is 0 Å². The smallest absolute Gasteiger partial charge is 0.00462 e. The average Bonchev–Trinajstić information content (AvgIpc) is 2.99. The molecule has 0 nitrogen and oxygen atoms in total. The quantitative estimate of drug-likeness (QED) is 0.688. The van der Waals surface area contributed by atoms with Gasteiger partial charge in [-0.2, -0.15) is 0 Å².